The number of halogens is 1. The third-order valence-electron chi connectivity index (χ3n) is 6.98. The Hall–Kier alpha value is -1.56. The fraction of sp³-hybridized carbons (Fsp3) is 0.737. The molecule has 5 aliphatic rings. The molecule has 5 fully saturated rings. The summed E-state index contributed by atoms with van der Waals surface area (Å²) >= 11 is 6.40. The third-order valence-corrected chi connectivity index (χ3v) is 7.35. The second-order valence-electron chi connectivity index (χ2n) is 9.26. The van der Waals surface area contributed by atoms with E-state index in [9.17, 15) is 14.7 Å². The van der Waals surface area contributed by atoms with Crippen LogP contribution in [0.1, 0.15) is 57.8 Å². The van der Waals surface area contributed by atoms with E-state index in [0.29, 0.717) is 23.6 Å². The molecular weight excluding hydrogens is 354 g/mol. The summed E-state index contributed by atoms with van der Waals surface area (Å²) in [6.45, 7) is 0. The molecular formula is C19H24ClN3O3. The highest BCUT2D eigenvalue weighted by atomic mass is 35.5. The van der Waals surface area contributed by atoms with E-state index in [1.807, 2.05) is 0 Å². The van der Waals surface area contributed by atoms with Gasteiger partial charge in [0.25, 0.3) is 5.56 Å². The van der Waals surface area contributed by atoms with Gasteiger partial charge in [-0.05, 0) is 68.6 Å². The number of aromatic nitrogens is 2. The van der Waals surface area contributed by atoms with Gasteiger partial charge in [-0.3, -0.25) is 9.59 Å². The van der Waals surface area contributed by atoms with Crippen molar-refractivity contribution < 1.29 is 9.90 Å². The van der Waals surface area contributed by atoms with E-state index in [1.54, 1.807) is 10.9 Å². The van der Waals surface area contributed by atoms with Crippen molar-refractivity contribution in [2.45, 2.75) is 69.4 Å². The monoisotopic (exact) mass is 377 g/mol. The van der Waals surface area contributed by atoms with Crippen molar-refractivity contribution in [1.29, 1.82) is 0 Å². The molecule has 0 saturated heterocycles. The van der Waals surface area contributed by atoms with Crippen LogP contribution >= 0.6 is 11.6 Å². The average molecular weight is 378 g/mol. The molecule has 5 aliphatic carbocycles. The van der Waals surface area contributed by atoms with Gasteiger partial charge in [-0.25, -0.2) is 4.68 Å². The molecule has 26 heavy (non-hydrogen) atoms. The Morgan fingerprint density at radius 2 is 2.00 bits per heavy atom. The van der Waals surface area contributed by atoms with Crippen molar-refractivity contribution >= 4 is 23.3 Å². The lowest BCUT2D eigenvalue weighted by Gasteiger charge is -2.61. The standard InChI is InChI=1S/C19H24ClN3O3/c20-16-14(22-13-1-2-13)9-21-23(17(16)26)19-6-11-3-12(7-19)5-18(4-11,10-19)8-15(24)25/h9,11-13,22H,1-8,10H2,(H,24,25)/t11-,12-,18?,19?/m1/s1. The third kappa shape index (κ3) is 2.56. The summed E-state index contributed by atoms with van der Waals surface area (Å²) in [5.74, 6) is 0.254. The van der Waals surface area contributed by atoms with Gasteiger partial charge in [0, 0.05) is 6.04 Å². The lowest BCUT2D eigenvalue weighted by atomic mass is 9.46. The smallest absolute Gasteiger partial charge is 0.303 e. The quantitative estimate of drug-likeness (QED) is 0.822. The molecule has 1 aromatic heterocycles. The minimum absolute atomic E-state index is 0.186. The molecule has 140 valence electrons. The molecule has 6 nitrogen and oxygen atoms in total. The number of hydrogen-bond acceptors (Lipinski definition) is 4. The molecule has 7 heteroatoms. The second-order valence-corrected chi connectivity index (χ2v) is 9.64. The number of anilines is 1. The highest BCUT2D eigenvalue weighted by Gasteiger charge is 2.59. The van der Waals surface area contributed by atoms with E-state index >= 15 is 0 Å². The van der Waals surface area contributed by atoms with E-state index in [2.05, 4.69) is 10.4 Å². The van der Waals surface area contributed by atoms with Gasteiger partial charge < -0.3 is 10.4 Å². The van der Waals surface area contributed by atoms with E-state index in [-0.39, 0.29) is 28.0 Å². The van der Waals surface area contributed by atoms with Gasteiger partial charge in [-0.1, -0.05) is 11.6 Å². The van der Waals surface area contributed by atoms with Gasteiger partial charge >= 0.3 is 5.97 Å². The number of carboxylic acid groups (broad SMARTS) is 1. The van der Waals surface area contributed by atoms with Crippen LogP contribution in [0.4, 0.5) is 5.69 Å². The first-order valence-corrected chi connectivity index (χ1v) is 10.0. The summed E-state index contributed by atoms with van der Waals surface area (Å²) < 4.78 is 1.61. The molecule has 4 bridgehead atoms. The maximum Gasteiger partial charge on any atom is 0.303 e. The molecule has 1 aromatic rings. The zero-order valence-electron chi connectivity index (χ0n) is 14.7. The minimum atomic E-state index is -0.732. The Bertz CT molecular complexity index is 818. The number of nitrogens with zero attached hydrogens (tertiary/aromatic N) is 2. The van der Waals surface area contributed by atoms with Crippen LogP contribution in [0, 0.1) is 17.3 Å². The summed E-state index contributed by atoms with van der Waals surface area (Å²) in [6.07, 6.45) is 9.77. The second kappa shape index (κ2) is 5.47. The summed E-state index contributed by atoms with van der Waals surface area (Å²) in [6, 6.07) is 0.405. The van der Waals surface area contributed by atoms with Crippen LogP contribution in [0.15, 0.2) is 11.0 Å². The fourth-order valence-electron chi connectivity index (χ4n) is 6.50. The van der Waals surface area contributed by atoms with E-state index in [4.69, 9.17) is 11.6 Å². The van der Waals surface area contributed by atoms with E-state index in [0.717, 1.165) is 51.4 Å². The predicted molar refractivity (Wildman–Crippen MR) is 97.5 cm³/mol. The van der Waals surface area contributed by atoms with Crippen molar-refractivity contribution in [2.24, 2.45) is 17.3 Å². The number of carboxylic acids is 1. The fourth-order valence-corrected chi connectivity index (χ4v) is 6.68. The van der Waals surface area contributed by atoms with Crippen molar-refractivity contribution in [3.05, 3.63) is 21.6 Å². The molecule has 0 aliphatic heterocycles. The molecule has 2 N–H and O–H groups in total. The van der Waals surface area contributed by atoms with Gasteiger partial charge in [0.2, 0.25) is 0 Å². The maximum atomic E-state index is 13.0. The lowest BCUT2D eigenvalue weighted by Crippen LogP contribution is -2.59. The SMILES string of the molecule is O=C(O)CC12C[C@H]3C[C@H](C1)CC(n1ncc(NC4CC4)c(Cl)c1=O)(C3)C2. The molecule has 1 heterocycles. The Morgan fingerprint density at radius 1 is 1.31 bits per heavy atom. The molecule has 0 aromatic carbocycles. The van der Waals surface area contributed by atoms with Crippen molar-refractivity contribution in [3.63, 3.8) is 0 Å². The summed E-state index contributed by atoms with van der Waals surface area (Å²) in [5.41, 5.74) is -0.155. The Balaban J connectivity index is 1.54. The van der Waals surface area contributed by atoms with Gasteiger partial charge in [0.15, 0.2) is 0 Å². The normalized spacial score (nSPS) is 37.7. The maximum absolute atomic E-state index is 13.0. The molecule has 0 amide bonds. The van der Waals surface area contributed by atoms with Gasteiger partial charge in [-0.15, -0.1) is 0 Å². The Morgan fingerprint density at radius 3 is 2.62 bits per heavy atom. The van der Waals surface area contributed by atoms with Crippen molar-refractivity contribution in [2.75, 3.05) is 5.32 Å². The lowest BCUT2D eigenvalue weighted by molar-refractivity contribution is -0.151. The molecule has 0 radical (unpaired) electrons. The minimum Gasteiger partial charge on any atom is -0.481 e. The first-order valence-electron chi connectivity index (χ1n) is 9.65. The van der Waals surface area contributed by atoms with Crippen LogP contribution in [0.5, 0.6) is 0 Å². The summed E-state index contributed by atoms with van der Waals surface area (Å²) in [5, 5.41) is 17.5. The van der Waals surface area contributed by atoms with Crippen LogP contribution in [-0.2, 0) is 10.3 Å². The van der Waals surface area contributed by atoms with Gasteiger partial charge in [0.1, 0.15) is 5.02 Å². The first kappa shape index (κ1) is 16.6. The highest BCUT2D eigenvalue weighted by Crippen LogP contribution is 2.65. The van der Waals surface area contributed by atoms with Crippen LogP contribution in [0.2, 0.25) is 5.02 Å². The average Bonchev–Trinajstić information content (AvgIpc) is 3.33. The molecule has 5 saturated carbocycles. The highest BCUT2D eigenvalue weighted by molar-refractivity contribution is 6.32. The van der Waals surface area contributed by atoms with E-state index < -0.39 is 5.97 Å². The van der Waals surface area contributed by atoms with Crippen molar-refractivity contribution in [3.8, 4) is 0 Å². The molecule has 6 rings (SSSR count). The first-order chi connectivity index (χ1) is 12.4. The van der Waals surface area contributed by atoms with Crippen LogP contribution in [0.25, 0.3) is 0 Å². The zero-order chi connectivity index (χ0) is 18.1. The zero-order valence-corrected chi connectivity index (χ0v) is 15.5. The van der Waals surface area contributed by atoms with Gasteiger partial charge in [0.05, 0.1) is 23.8 Å². The molecule has 0 spiro atoms. The Kier molecular flexibility index (Phi) is 3.49. The molecule has 2 atom stereocenters. The number of hydrogen-bond donors (Lipinski definition) is 2. The number of aliphatic carboxylic acids is 1. The number of carbonyl (C=O) groups is 1. The van der Waals surface area contributed by atoms with Gasteiger partial charge in [-0.2, -0.15) is 5.10 Å². The molecule has 0 unspecified atom stereocenters. The topological polar surface area (TPSA) is 84.2 Å². The summed E-state index contributed by atoms with van der Waals surface area (Å²) in [7, 11) is 0. The van der Waals surface area contributed by atoms with E-state index in [1.165, 1.54) is 0 Å². The number of rotatable bonds is 5. The largest absolute Gasteiger partial charge is 0.481 e. The van der Waals surface area contributed by atoms with Crippen molar-refractivity contribution in [1.82, 2.24) is 9.78 Å². The summed E-state index contributed by atoms with van der Waals surface area (Å²) in [4.78, 5) is 24.5. The van der Waals surface area contributed by atoms with Crippen LogP contribution in [-0.4, -0.2) is 26.9 Å². The van der Waals surface area contributed by atoms with Crippen LogP contribution < -0.4 is 10.9 Å². The van der Waals surface area contributed by atoms with Crippen LogP contribution in [0.3, 0.4) is 0 Å². The Labute approximate surface area is 156 Å². The number of nitrogens with one attached hydrogen (secondary N) is 1. The predicted octanol–water partition coefficient (Wildman–Crippen LogP) is 3.24.